The first kappa shape index (κ1) is 9.36. The number of halogens is 1. The highest BCUT2D eigenvalue weighted by atomic mass is 35.5. The van der Waals surface area contributed by atoms with E-state index in [4.69, 9.17) is 17.3 Å². The van der Waals surface area contributed by atoms with Crippen LogP contribution < -0.4 is 5.73 Å². The Bertz CT molecular complexity index is 291. The van der Waals surface area contributed by atoms with Gasteiger partial charge in [0.1, 0.15) is 0 Å². The quantitative estimate of drug-likeness (QED) is 0.659. The minimum absolute atomic E-state index is 0.481. The second-order valence-electron chi connectivity index (χ2n) is 3.30. The fourth-order valence-electron chi connectivity index (χ4n) is 0.908. The average molecular weight is 186 g/mol. The number of rotatable bonds is 1. The summed E-state index contributed by atoms with van der Waals surface area (Å²) in [6.45, 7) is 3.41. The van der Waals surface area contributed by atoms with Gasteiger partial charge in [0.2, 0.25) is 0 Å². The van der Waals surface area contributed by atoms with Crippen LogP contribution in [0.3, 0.4) is 0 Å². The summed E-state index contributed by atoms with van der Waals surface area (Å²) in [6.07, 6.45) is 0. The van der Waals surface area contributed by atoms with Crippen LogP contribution in [0.5, 0.6) is 0 Å². The number of aliphatic hydroxyl groups is 1. The van der Waals surface area contributed by atoms with Gasteiger partial charge in [-0.15, -0.1) is 0 Å². The molecule has 2 nitrogen and oxygen atoms in total. The molecule has 12 heavy (non-hydrogen) atoms. The third-order valence-corrected chi connectivity index (χ3v) is 2.03. The van der Waals surface area contributed by atoms with Crippen LogP contribution in [-0.4, -0.2) is 5.11 Å². The summed E-state index contributed by atoms with van der Waals surface area (Å²) in [4.78, 5) is 0. The van der Waals surface area contributed by atoms with Crippen LogP contribution in [0.2, 0.25) is 5.02 Å². The molecule has 0 unspecified atom stereocenters. The standard InChI is InChI=1S/C9H12ClNO/c1-9(2,12)6-3-4-8(11)7(10)5-6/h3-5,12H,11H2,1-2H3. The van der Waals surface area contributed by atoms with Crippen molar-refractivity contribution in [2.24, 2.45) is 0 Å². The summed E-state index contributed by atoms with van der Waals surface area (Å²) in [6, 6.07) is 5.13. The van der Waals surface area contributed by atoms with Crippen molar-refractivity contribution in [1.29, 1.82) is 0 Å². The molecule has 3 N–H and O–H groups in total. The summed E-state index contributed by atoms with van der Waals surface area (Å²) < 4.78 is 0. The van der Waals surface area contributed by atoms with Crippen LogP contribution in [0.4, 0.5) is 5.69 Å². The Kier molecular flexibility index (Phi) is 2.31. The molecule has 0 aliphatic carbocycles. The molecular formula is C9H12ClNO. The number of hydrogen-bond donors (Lipinski definition) is 2. The molecule has 0 aliphatic rings. The Morgan fingerprint density at radius 1 is 1.42 bits per heavy atom. The van der Waals surface area contributed by atoms with Crippen molar-refractivity contribution in [2.45, 2.75) is 19.4 Å². The first-order chi connectivity index (χ1) is 5.41. The van der Waals surface area contributed by atoms with Gasteiger partial charge in [-0.05, 0) is 31.5 Å². The van der Waals surface area contributed by atoms with Crippen molar-refractivity contribution in [2.75, 3.05) is 5.73 Å². The van der Waals surface area contributed by atoms with Crippen LogP contribution in [0.15, 0.2) is 18.2 Å². The first-order valence-corrected chi connectivity index (χ1v) is 4.07. The minimum Gasteiger partial charge on any atom is -0.398 e. The van der Waals surface area contributed by atoms with Crippen LogP contribution >= 0.6 is 11.6 Å². The van der Waals surface area contributed by atoms with Gasteiger partial charge in [0.05, 0.1) is 16.3 Å². The number of benzene rings is 1. The fourth-order valence-corrected chi connectivity index (χ4v) is 1.09. The van der Waals surface area contributed by atoms with Gasteiger partial charge in [-0.25, -0.2) is 0 Å². The lowest BCUT2D eigenvalue weighted by Crippen LogP contribution is -2.15. The summed E-state index contributed by atoms with van der Waals surface area (Å²) in [5.41, 5.74) is 5.95. The Labute approximate surface area is 77.0 Å². The Morgan fingerprint density at radius 3 is 2.42 bits per heavy atom. The molecule has 0 aliphatic heterocycles. The molecule has 0 saturated heterocycles. The molecule has 3 heteroatoms. The average Bonchev–Trinajstić information content (AvgIpc) is 1.92. The van der Waals surface area contributed by atoms with E-state index in [0.717, 1.165) is 5.56 Å². The number of hydrogen-bond acceptors (Lipinski definition) is 2. The van der Waals surface area contributed by atoms with E-state index in [2.05, 4.69) is 0 Å². The van der Waals surface area contributed by atoms with E-state index in [1.807, 2.05) is 0 Å². The van der Waals surface area contributed by atoms with E-state index in [-0.39, 0.29) is 0 Å². The molecular weight excluding hydrogens is 174 g/mol. The molecule has 0 heterocycles. The summed E-state index contributed by atoms with van der Waals surface area (Å²) in [5.74, 6) is 0. The molecule has 0 saturated carbocycles. The van der Waals surface area contributed by atoms with Gasteiger partial charge >= 0.3 is 0 Å². The summed E-state index contributed by atoms with van der Waals surface area (Å²) >= 11 is 5.78. The number of anilines is 1. The number of nitrogen functional groups attached to an aromatic ring is 1. The van der Waals surface area contributed by atoms with Crippen molar-refractivity contribution >= 4 is 17.3 Å². The van der Waals surface area contributed by atoms with Crippen molar-refractivity contribution in [3.8, 4) is 0 Å². The molecule has 0 radical (unpaired) electrons. The van der Waals surface area contributed by atoms with Gasteiger partial charge in [-0.1, -0.05) is 17.7 Å². The predicted molar refractivity (Wildman–Crippen MR) is 51.1 cm³/mol. The van der Waals surface area contributed by atoms with E-state index < -0.39 is 5.60 Å². The van der Waals surface area contributed by atoms with Gasteiger partial charge < -0.3 is 10.8 Å². The second kappa shape index (κ2) is 2.96. The van der Waals surface area contributed by atoms with Crippen LogP contribution in [0.1, 0.15) is 19.4 Å². The van der Waals surface area contributed by atoms with E-state index in [9.17, 15) is 5.11 Å². The van der Waals surface area contributed by atoms with Crippen molar-refractivity contribution in [3.63, 3.8) is 0 Å². The topological polar surface area (TPSA) is 46.2 Å². The molecule has 0 fully saturated rings. The third kappa shape index (κ3) is 1.90. The van der Waals surface area contributed by atoms with E-state index in [1.54, 1.807) is 32.0 Å². The van der Waals surface area contributed by atoms with Crippen molar-refractivity contribution < 1.29 is 5.11 Å². The summed E-state index contributed by atoms with van der Waals surface area (Å²) in [5, 5.41) is 10.1. The molecule has 0 atom stereocenters. The van der Waals surface area contributed by atoms with Crippen molar-refractivity contribution in [3.05, 3.63) is 28.8 Å². The molecule has 1 aromatic carbocycles. The largest absolute Gasteiger partial charge is 0.398 e. The maximum absolute atomic E-state index is 9.60. The maximum atomic E-state index is 9.60. The number of nitrogens with two attached hydrogens (primary N) is 1. The lowest BCUT2D eigenvalue weighted by molar-refractivity contribution is 0.0786. The molecule has 1 rings (SSSR count). The highest BCUT2D eigenvalue weighted by Crippen LogP contribution is 2.26. The van der Waals surface area contributed by atoms with Crippen molar-refractivity contribution in [1.82, 2.24) is 0 Å². The van der Waals surface area contributed by atoms with Gasteiger partial charge in [-0.3, -0.25) is 0 Å². The lowest BCUT2D eigenvalue weighted by atomic mass is 9.98. The molecule has 0 spiro atoms. The van der Waals surface area contributed by atoms with Gasteiger partial charge in [-0.2, -0.15) is 0 Å². The van der Waals surface area contributed by atoms with Crippen LogP contribution in [-0.2, 0) is 5.60 Å². The van der Waals surface area contributed by atoms with Crippen LogP contribution in [0, 0.1) is 0 Å². The van der Waals surface area contributed by atoms with Gasteiger partial charge in [0.25, 0.3) is 0 Å². The predicted octanol–water partition coefficient (Wildman–Crippen LogP) is 2.15. The van der Waals surface area contributed by atoms with Gasteiger partial charge in [0.15, 0.2) is 0 Å². The zero-order valence-electron chi connectivity index (χ0n) is 7.13. The van der Waals surface area contributed by atoms with E-state index in [1.165, 1.54) is 0 Å². The maximum Gasteiger partial charge on any atom is 0.0841 e. The first-order valence-electron chi connectivity index (χ1n) is 3.69. The molecule has 0 bridgehead atoms. The highest BCUT2D eigenvalue weighted by molar-refractivity contribution is 6.33. The van der Waals surface area contributed by atoms with E-state index >= 15 is 0 Å². The molecule has 1 aromatic rings. The zero-order chi connectivity index (χ0) is 9.35. The van der Waals surface area contributed by atoms with Crippen LogP contribution in [0.25, 0.3) is 0 Å². The SMILES string of the molecule is CC(C)(O)c1ccc(N)c(Cl)c1. The lowest BCUT2D eigenvalue weighted by Gasteiger charge is -2.18. The highest BCUT2D eigenvalue weighted by Gasteiger charge is 2.16. The zero-order valence-corrected chi connectivity index (χ0v) is 7.89. The molecule has 66 valence electrons. The molecule has 0 aromatic heterocycles. The van der Waals surface area contributed by atoms with E-state index in [0.29, 0.717) is 10.7 Å². The monoisotopic (exact) mass is 185 g/mol. The second-order valence-corrected chi connectivity index (χ2v) is 3.70. The van der Waals surface area contributed by atoms with Gasteiger partial charge in [0, 0.05) is 0 Å². The normalized spacial score (nSPS) is 11.7. The Hall–Kier alpha value is -0.730. The smallest absolute Gasteiger partial charge is 0.0841 e. The third-order valence-electron chi connectivity index (χ3n) is 1.71. The Morgan fingerprint density at radius 2 is 2.00 bits per heavy atom. The minimum atomic E-state index is -0.864. The fraction of sp³-hybridized carbons (Fsp3) is 0.333. The summed E-state index contributed by atoms with van der Waals surface area (Å²) in [7, 11) is 0. The Balaban J connectivity index is 3.14. The molecule has 0 amide bonds.